The summed E-state index contributed by atoms with van der Waals surface area (Å²) in [5.74, 6) is 0. The van der Waals surface area contributed by atoms with E-state index < -0.39 is 0 Å². The number of aromatic nitrogens is 5. The fourth-order valence-corrected chi connectivity index (χ4v) is 4.30. The maximum Gasteiger partial charge on any atom is 0.214 e. The van der Waals surface area contributed by atoms with Crippen LogP contribution in [0.2, 0.25) is 0 Å². The summed E-state index contributed by atoms with van der Waals surface area (Å²) >= 11 is 1.67. The van der Waals surface area contributed by atoms with Gasteiger partial charge >= 0.3 is 0 Å². The van der Waals surface area contributed by atoms with Gasteiger partial charge in [0.1, 0.15) is 5.65 Å². The molecule has 128 valence electrons. The van der Waals surface area contributed by atoms with E-state index in [0.717, 1.165) is 59.9 Å². The van der Waals surface area contributed by atoms with Crippen molar-refractivity contribution in [2.24, 2.45) is 0 Å². The minimum absolute atomic E-state index is 0.899. The molecule has 8 heteroatoms. The molecule has 0 spiro atoms. The lowest BCUT2D eigenvalue weighted by Crippen LogP contribution is -2.46. The van der Waals surface area contributed by atoms with Gasteiger partial charge in [-0.05, 0) is 19.1 Å². The van der Waals surface area contributed by atoms with Gasteiger partial charge in [-0.25, -0.2) is 14.5 Å². The van der Waals surface area contributed by atoms with Gasteiger partial charge in [0.15, 0.2) is 0 Å². The van der Waals surface area contributed by atoms with E-state index >= 15 is 0 Å². The monoisotopic (exact) mass is 353 g/mol. The number of anilines is 1. The highest BCUT2D eigenvalue weighted by molar-refractivity contribution is 7.20. The molecule has 0 atom stereocenters. The summed E-state index contributed by atoms with van der Waals surface area (Å²) in [7, 11) is 0. The molecule has 0 N–H and O–H groups in total. The van der Waals surface area contributed by atoms with Gasteiger partial charge in [-0.1, -0.05) is 17.4 Å². The van der Waals surface area contributed by atoms with Gasteiger partial charge in [0.25, 0.3) is 0 Å². The van der Waals surface area contributed by atoms with Crippen LogP contribution < -0.4 is 4.90 Å². The maximum atomic E-state index is 4.70. The van der Waals surface area contributed by atoms with Gasteiger partial charge in [0, 0.05) is 45.1 Å². The van der Waals surface area contributed by atoms with Gasteiger partial charge in [0.2, 0.25) is 10.1 Å². The van der Waals surface area contributed by atoms with E-state index in [2.05, 4.69) is 30.5 Å². The van der Waals surface area contributed by atoms with Crippen molar-refractivity contribution in [2.75, 3.05) is 31.1 Å². The number of aryl methyl sites for hydroxylation is 1. The van der Waals surface area contributed by atoms with Gasteiger partial charge < -0.3 is 9.30 Å². The summed E-state index contributed by atoms with van der Waals surface area (Å²) in [4.78, 5) is 15.0. The van der Waals surface area contributed by atoms with E-state index in [4.69, 9.17) is 4.98 Å². The van der Waals surface area contributed by atoms with Crippen LogP contribution in [0.1, 0.15) is 11.4 Å². The summed E-state index contributed by atoms with van der Waals surface area (Å²) in [6.45, 7) is 6.92. The highest BCUT2D eigenvalue weighted by atomic mass is 32.1. The van der Waals surface area contributed by atoms with Crippen molar-refractivity contribution in [1.82, 2.24) is 28.9 Å². The third-order valence-electron chi connectivity index (χ3n) is 4.60. The van der Waals surface area contributed by atoms with Crippen molar-refractivity contribution in [1.29, 1.82) is 0 Å². The molecule has 0 aromatic carbocycles. The van der Waals surface area contributed by atoms with Crippen LogP contribution in [-0.2, 0) is 6.54 Å². The predicted octanol–water partition coefficient (Wildman–Crippen LogP) is 2.07. The number of pyridine rings is 1. The molecule has 4 aromatic heterocycles. The number of imidazole rings is 2. The molecule has 0 unspecified atom stereocenters. The Labute approximate surface area is 149 Å². The fourth-order valence-electron chi connectivity index (χ4n) is 3.32. The normalized spacial score (nSPS) is 16.3. The van der Waals surface area contributed by atoms with Crippen molar-refractivity contribution < 1.29 is 0 Å². The number of hydrogen-bond acceptors (Lipinski definition) is 6. The molecule has 1 aliphatic rings. The van der Waals surface area contributed by atoms with Gasteiger partial charge in [0.05, 0.1) is 17.6 Å². The average Bonchev–Trinajstić information content (AvgIpc) is 3.27. The molecular weight excluding hydrogens is 334 g/mol. The molecule has 25 heavy (non-hydrogen) atoms. The summed E-state index contributed by atoms with van der Waals surface area (Å²) in [5.41, 5.74) is 3.16. The molecule has 5 rings (SSSR count). The van der Waals surface area contributed by atoms with Gasteiger partial charge in [-0.2, -0.15) is 0 Å². The second-order valence-corrected chi connectivity index (χ2v) is 7.39. The zero-order chi connectivity index (χ0) is 16.8. The van der Waals surface area contributed by atoms with Crippen LogP contribution in [0.25, 0.3) is 10.6 Å². The summed E-state index contributed by atoms with van der Waals surface area (Å²) in [5, 5.41) is 5.72. The van der Waals surface area contributed by atoms with Crippen LogP contribution in [0.3, 0.4) is 0 Å². The first-order valence-corrected chi connectivity index (χ1v) is 9.29. The van der Waals surface area contributed by atoms with Crippen LogP contribution in [0.15, 0.2) is 36.8 Å². The number of fused-ring (bicyclic) bond motifs is 2. The topological polar surface area (TPSA) is 54.0 Å². The smallest absolute Gasteiger partial charge is 0.214 e. The second kappa shape index (κ2) is 5.82. The van der Waals surface area contributed by atoms with Crippen molar-refractivity contribution in [3.63, 3.8) is 0 Å². The maximum absolute atomic E-state index is 4.70. The Balaban J connectivity index is 1.25. The first-order valence-electron chi connectivity index (χ1n) is 8.47. The number of rotatable bonds is 3. The second-order valence-electron chi connectivity index (χ2n) is 6.46. The van der Waals surface area contributed by atoms with E-state index in [9.17, 15) is 0 Å². The zero-order valence-electron chi connectivity index (χ0n) is 14.0. The Morgan fingerprint density at radius 1 is 1.08 bits per heavy atom. The van der Waals surface area contributed by atoms with E-state index in [1.807, 2.05) is 42.0 Å². The first-order chi connectivity index (χ1) is 12.2. The molecule has 4 aromatic rings. The van der Waals surface area contributed by atoms with Gasteiger partial charge in [-0.15, -0.1) is 5.10 Å². The highest BCUT2D eigenvalue weighted by Gasteiger charge is 2.21. The van der Waals surface area contributed by atoms with Crippen LogP contribution in [0.4, 0.5) is 5.13 Å². The summed E-state index contributed by atoms with van der Waals surface area (Å²) in [6, 6.07) is 6.10. The number of nitrogens with zero attached hydrogens (tertiary/aromatic N) is 7. The van der Waals surface area contributed by atoms with E-state index in [-0.39, 0.29) is 0 Å². The summed E-state index contributed by atoms with van der Waals surface area (Å²) < 4.78 is 3.97. The quantitative estimate of drug-likeness (QED) is 0.564. The molecular formula is C17H19N7S. The molecule has 0 amide bonds. The minimum Gasteiger partial charge on any atom is -0.344 e. The Kier molecular flexibility index (Phi) is 3.46. The number of hydrogen-bond donors (Lipinski definition) is 0. The summed E-state index contributed by atoms with van der Waals surface area (Å²) in [6.07, 6.45) is 6.15. The first kappa shape index (κ1) is 14.9. The third kappa shape index (κ3) is 2.77. The molecule has 1 aliphatic heterocycles. The molecule has 5 heterocycles. The average molecular weight is 353 g/mol. The lowest BCUT2D eigenvalue weighted by molar-refractivity contribution is 0.247. The molecule has 1 saturated heterocycles. The molecule has 1 fully saturated rings. The highest BCUT2D eigenvalue weighted by Crippen LogP contribution is 2.24. The van der Waals surface area contributed by atoms with Crippen molar-refractivity contribution >= 4 is 27.1 Å². The fraction of sp³-hybridized carbons (Fsp3) is 0.353. The molecule has 7 nitrogen and oxygen atoms in total. The Morgan fingerprint density at radius 2 is 1.96 bits per heavy atom. The lowest BCUT2D eigenvalue weighted by atomic mass is 10.3. The molecule has 0 saturated carbocycles. The largest absolute Gasteiger partial charge is 0.344 e. The van der Waals surface area contributed by atoms with E-state index in [1.165, 1.54) is 0 Å². The predicted molar refractivity (Wildman–Crippen MR) is 98.3 cm³/mol. The van der Waals surface area contributed by atoms with Crippen LogP contribution >= 0.6 is 11.3 Å². The molecule has 0 radical (unpaired) electrons. The zero-order valence-corrected chi connectivity index (χ0v) is 14.9. The Hall–Kier alpha value is -2.45. The van der Waals surface area contributed by atoms with Crippen molar-refractivity contribution in [3.8, 4) is 0 Å². The standard InChI is InChI=1S/C17H19N7S/c1-13-10-24-16(18-13)25-17(20-24)22-8-6-21(7-9-22)11-14-12-23-5-3-2-4-15(23)19-14/h2-5,10,12H,6-9,11H2,1H3. The van der Waals surface area contributed by atoms with Crippen LogP contribution in [0, 0.1) is 6.92 Å². The minimum atomic E-state index is 0.899. The van der Waals surface area contributed by atoms with Crippen LogP contribution in [0.5, 0.6) is 0 Å². The van der Waals surface area contributed by atoms with Gasteiger partial charge in [-0.3, -0.25) is 4.90 Å². The van der Waals surface area contributed by atoms with E-state index in [0.29, 0.717) is 0 Å². The number of piperazine rings is 1. The van der Waals surface area contributed by atoms with Crippen molar-refractivity contribution in [2.45, 2.75) is 13.5 Å². The van der Waals surface area contributed by atoms with Crippen molar-refractivity contribution in [3.05, 3.63) is 48.2 Å². The SMILES string of the molecule is Cc1cn2nc(N3CCN(Cc4cn5ccccc5n4)CC3)sc2n1. The molecule has 0 bridgehead atoms. The Morgan fingerprint density at radius 3 is 2.76 bits per heavy atom. The lowest BCUT2D eigenvalue weighted by Gasteiger charge is -2.33. The Bertz CT molecular complexity index is 958. The van der Waals surface area contributed by atoms with Crippen LogP contribution in [-0.4, -0.2) is 55.1 Å². The molecule has 0 aliphatic carbocycles. The third-order valence-corrected chi connectivity index (χ3v) is 5.58. The van der Waals surface area contributed by atoms with E-state index in [1.54, 1.807) is 11.3 Å².